The van der Waals surface area contributed by atoms with Crippen LogP contribution in [0.2, 0.25) is 5.02 Å². The quantitative estimate of drug-likeness (QED) is 0.824. The number of carbonyl (C=O) groups is 1. The van der Waals surface area contributed by atoms with E-state index in [9.17, 15) is 18.0 Å². The fourth-order valence-electron chi connectivity index (χ4n) is 1.05. The van der Waals surface area contributed by atoms with Gasteiger partial charge in [0.25, 0.3) is 0 Å². The number of hydrogen-bond donors (Lipinski definition) is 2. The van der Waals surface area contributed by atoms with E-state index in [1.807, 2.05) is 0 Å². The number of nitrogens with one attached hydrogen (secondary N) is 1. The maximum absolute atomic E-state index is 12.4. The minimum Gasteiger partial charge on any atom is -0.478 e. The molecule has 0 heterocycles. The molecule has 0 aromatic heterocycles. The van der Waals surface area contributed by atoms with E-state index in [4.69, 9.17) is 16.7 Å². The van der Waals surface area contributed by atoms with E-state index in [0.29, 0.717) is 0 Å². The largest absolute Gasteiger partial charge is 0.478 e. The summed E-state index contributed by atoms with van der Waals surface area (Å²) in [6, 6.07) is 2.87. The Kier molecular flexibility index (Phi) is 4.01. The summed E-state index contributed by atoms with van der Waals surface area (Å²) in [5.41, 5.74) is -0.849. The van der Waals surface area contributed by atoms with Crippen LogP contribution in [0.4, 0.5) is 18.9 Å². The molecular weight excluding hydrogens is 259 g/mol. The molecule has 1 aromatic rings. The Hall–Kier alpha value is -1.69. The zero-order chi connectivity index (χ0) is 13.1. The van der Waals surface area contributed by atoms with Crippen LogP contribution in [0, 0.1) is 0 Å². The summed E-state index contributed by atoms with van der Waals surface area (Å²) in [5, 5.41) is 10.6. The SMILES string of the molecule is O=C(O)/C=C/Nc1cc(Cl)cc(C(F)(F)F)c1. The predicted molar refractivity (Wildman–Crippen MR) is 56.9 cm³/mol. The standard InChI is InChI=1S/C10H7ClF3NO2/c11-7-3-6(10(12,13)14)4-8(5-7)15-2-1-9(16)17/h1-5,15H,(H,16,17)/b2-1+. The van der Waals surface area contributed by atoms with Gasteiger partial charge in [-0.1, -0.05) is 11.6 Å². The van der Waals surface area contributed by atoms with Gasteiger partial charge in [-0.15, -0.1) is 0 Å². The fourth-order valence-corrected chi connectivity index (χ4v) is 1.28. The third-order valence-corrected chi connectivity index (χ3v) is 1.92. The monoisotopic (exact) mass is 265 g/mol. The fraction of sp³-hybridized carbons (Fsp3) is 0.100. The van der Waals surface area contributed by atoms with Crippen LogP contribution >= 0.6 is 11.6 Å². The molecule has 1 aromatic carbocycles. The van der Waals surface area contributed by atoms with Gasteiger partial charge in [-0.05, 0) is 18.2 Å². The van der Waals surface area contributed by atoms with E-state index in [-0.39, 0.29) is 10.7 Å². The van der Waals surface area contributed by atoms with Gasteiger partial charge in [0.2, 0.25) is 0 Å². The zero-order valence-electron chi connectivity index (χ0n) is 8.25. The highest BCUT2D eigenvalue weighted by molar-refractivity contribution is 6.30. The Bertz CT molecular complexity index is 457. The van der Waals surface area contributed by atoms with Crippen molar-refractivity contribution in [2.45, 2.75) is 6.18 Å². The van der Waals surface area contributed by atoms with E-state index >= 15 is 0 Å². The third-order valence-electron chi connectivity index (χ3n) is 1.70. The highest BCUT2D eigenvalue weighted by Crippen LogP contribution is 2.33. The van der Waals surface area contributed by atoms with Gasteiger partial charge in [0.1, 0.15) is 0 Å². The summed E-state index contributed by atoms with van der Waals surface area (Å²) in [6.45, 7) is 0. The molecule has 92 valence electrons. The molecule has 0 unspecified atom stereocenters. The van der Waals surface area contributed by atoms with Gasteiger partial charge < -0.3 is 10.4 Å². The van der Waals surface area contributed by atoms with Crippen molar-refractivity contribution in [1.29, 1.82) is 0 Å². The van der Waals surface area contributed by atoms with Crippen molar-refractivity contribution in [1.82, 2.24) is 0 Å². The van der Waals surface area contributed by atoms with Gasteiger partial charge in [0, 0.05) is 23.0 Å². The third kappa shape index (κ3) is 4.36. The summed E-state index contributed by atoms with van der Waals surface area (Å²) in [7, 11) is 0. The van der Waals surface area contributed by atoms with Crippen LogP contribution in [0.1, 0.15) is 5.56 Å². The van der Waals surface area contributed by atoms with Crippen molar-refractivity contribution < 1.29 is 23.1 Å². The lowest BCUT2D eigenvalue weighted by Crippen LogP contribution is -2.05. The first-order chi connectivity index (χ1) is 7.79. The van der Waals surface area contributed by atoms with Crippen molar-refractivity contribution in [3.63, 3.8) is 0 Å². The summed E-state index contributed by atoms with van der Waals surface area (Å²) >= 11 is 5.52. The topological polar surface area (TPSA) is 49.3 Å². The molecule has 3 nitrogen and oxygen atoms in total. The van der Waals surface area contributed by atoms with Gasteiger partial charge in [-0.25, -0.2) is 4.79 Å². The van der Waals surface area contributed by atoms with Crippen LogP contribution < -0.4 is 5.32 Å². The van der Waals surface area contributed by atoms with Gasteiger partial charge in [-0.2, -0.15) is 13.2 Å². The first-order valence-electron chi connectivity index (χ1n) is 4.33. The molecule has 0 radical (unpaired) electrons. The predicted octanol–water partition coefficient (Wildman–Crippen LogP) is 3.37. The molecular formula is C10H7ClF3NO2. The molecule has 0 atom stereocenters. The Labute approximate surface area is 99.5 Å². The summed E-state index contributed by atoms with van der Waals surface area (Å²) in [4.78, 5) is 10.1. The maximum Gasteiger partial charge on any atom is 0.416 e. The van der Waals surface area contributed by atoms with Crippen LogP contribution in [-0.4, -0.2) is 11.1 Å². The van der Waals surface area contributed by atoms with Crippen LogP contribution in [0.3, 0.4) is 0 Å². The second-order valence-corrected chi connectivity index (χ2v) is 3.48. The lowest BCUT2D eigenvalue weighted by molar-refractivity contribution is -0.137. The maximum atomic E-state index is 12.4. The molecule has 0 amide bonds. The Morgan fingerprint density at radius 3 is 2.53 bits per heavy atom. The summed E-state index contributed by atoms with van der Waals surface area (Å²) in [5.74, 6) is -1.21. The molecule has 0 aliphatic heterocycles. The number of rotatable bonds is 3. The van der Waals surface area contributed by atoms with Crippen molar-refractivity contribution >= 4 is 23.3 Å². The molecule has 0 saturated heterocycles. The van der Waals surface area contributed by atoms with Gasteiger partial charge in [0.15, 0.2) is 0 Å². The minimum absolute atomic E-state index is 0.0577. The number of hydrogen-bond acceptors (Lipinski definition) is 2. The lowest BCUT2D eigenvalue weighted by atomic mass is 10.2. The number of aliphatic carboxylic acids is 1. The summed E-state index contributed by atoms with van der Waals surface area (Å²) in [6.07, 6.45) is -2.74. The van der Waals surface area contributed by atoms with Crippen molar-refractivity contribution in [3.05, 3.63) is 41.1 Å². The number of carboxylic acid groups (broad SMARTS) is 1. The average molecular weight is 266 g/mol. The molecule has 0 fully saturated rings. The molecule has 2 N–H and O–H groups in total. The smallest absolute Gasteiger partial charge is 0.416 e. The van der Waals surface area contributed by atoms with Crippen LogP contribution in [-0.2, 0) is 11.0 Å². The molecule has 17 heavy (non-hydrogen) atoms. The molecule has 0 saturated carbocycles. The second kappa shape index (κ2) is 5.09. The number of halogens is 4. The van der Waals surface area contributed by atoms with Crippen LogP contribution in [0.5, 0.6) is 0 Å². The van der Waals surface area contributed by atoms with E-state index in [0.717, 1.165) is 24.4 Å². The van der Waals surface area contributed by atoms with E-state index in [1.165, 1.54) is 6.07 Å². The van der Waals surface area contributed by atoms with E-state index in [2.05, 4.69) is 5.32 Å². The Morgan fingerprint density at radius 2 is 2.00 bits per heavy atom. The average Bonchev–Trinajstić information content (AvgIpc) is 2.14. The molecule has 0 spiro atoms. The minimum atomic E-state index is -4.50. The highest BCUT2D eigenvalue weighted by Gasteiger charge is 2.31. The van der Waals surface area contributed by atoms with E-state index in [1.54, 1.807) is 0 Å². The van der Waals surface area contributed by atoms with Gasteiger partial charge in [0.05, 0.1) is 5.56 Å². The van der Waals surface area contributed by atoms with Crippen molar-refractivity contribution in [2.24, 2.45) is 0 Å². The van der Waals surface area contributed by atoms with Crippen molar-refractivity contribution in [2.75, 3.05) is 5.32 Å². The van der Waals surface area contributed by atoms with Gasteiger partial charge in [-0.3, -0.25) is 0 Å². The highest BCUT2D eigenvalue weighted by atomic mass is 35.5. The van der Waals surface area contributed by atoms with Crippen LogP contribution in [0.25, 0.3) is 0 Å². The number of anilines is 1. The Morgan fingerprint density at radius 1 is 1.35 bits per heavy atom. The molecule has 7 heteroatoms. The summed E-state index contributed by atoms with van der Waals surface area (Å²) < 4.78 is 37.2. The first-order valence-corrected chi connectivity index (χ1v) is 4.70. The first kappa shape index (κ1) is 13.4. The van der Waals surface area contributed by atoms with E-state index < -0.39 is 17.7 Å². The Balaban J connectivity index is 2.94. The number of benzene rings is 1. The molecule has 0 aliphatic carbocycles. The van der Waals surface area contributed by atoms with Gasteiger partial charge >= 0.3 is 12.1 Å². The number of carboxylic acids is 1. The van der Waals surface area contributed by atoms with Crippen molar-refractivity contribution in [3.8, 4) is 0 Å². The lowest BCUT2D eigenvalue weighted by Gasteiger charge is -2.09. The molecule has 0 bridgehead atoms. The number of alkyl halides is 3. The second-order valence-electron chi connectivity index (χ2n) is 3.04. The molecule has 1 rings (SSSR count). The molecule has 0 aliphatic rings. The van der Waals surface area contributed by atoms with Crippen LogP contribution in [0.15, 0.2) is 30.5 Å². The normalized spacial score (nSPS) is 11.8. The zero-order valence-corrected chi connectivity index (χ0v) is 9.01.